The first-order valence-electron chi connectivity index (χ1n) is 23.6. The molecule has 67 heavy (non-hydrogen) atoms. The van der Waals surface area contributed by atoms with Crippen LogP contribution in [0.2, 0.25) is 5.02 Å². The van der Waals surface area contributed by atoms with Gasteiger partial charge in [-0.05, 0) is 95.2 Å². The predicted molar refractivity (Wildman–Crippen MR) is 238 cm³/mol. The molecule has 4 aliphatic heterocycles. The number of halogens is 1. The number of benzene rings is 1. The fourth-order valence-corrected chi connectivity index (χ4v) is 11.8. The first kappa shape index (κ1) is 49.1. The molecule has 1 aromatic rings. The van der Waals surface area contributed by atoms with Crippen LogP contribution in [-0.2, 0) is 47.5 Å². The number of carboxylic acid groups (broad SMARTS) is 1. The van der Waals surface area contributed by atoms with Gasteiger partial charge in [-0.3, -0.25) is 4.79 Å². The smallest absolute Gasteiger partial charge is 0.379 e. The number of ether oxygens (including phenoxy) is 8. The molecule has 2 bridgehead atoms. The van der Waals surface area contributed by atoms with Gasteiger partial charge in [-0.25, -0.2) is 14.4 Å². The first-order valence-corrected chi connectivity index (χ1v) is 24.0. The number of allylic oxidation sites excluding steroid dienone is 2. The number of fused-ring (bicyclic) bond motifs is 3. The molecule has 4 heterocycles. The number of aliphatic hydroxyl groups is 3. The molecule has 1 saturated carbocycles. The molecule has 0 radical (unpaired) electrons. The summed E-state index contributed by atoms with van der Waals surface area (Å²) >= 11 is 6.30. The summed E-state index contributed by atoms with van der Waals surface area (Å²) in [5, 5.41) is 44.6. The Morgan fingerprint density at radius 2 is 1.66 bits per heavy atom. The molecular weight excluding hydrogens is 892 g/mol. The Morgan fingerprint density at radius 1 is 0.910 bits per heavy atom. The zero-order chi connectivity index (χ0) is 48.1. The number of aliphatic carboxylic acids is 1. The van der Waals surface area contributed by atoms with Crippen molar-refractivity contribution in [3.63, 3.8) is 0 Å². The fourth-order valence-electron chi connectivity index (χ4n) is 11.7. The minimum absolute atomic E-state index is 0.00846. The van der Waals surface area contributed by atoms with Crippen molar-refractivity contribution in [3.05, 3.63) is 75.8 Å². The lowest BCUT2D eigenvalue weighted by Crippen LogP contribution is -2.56. The molecule has 366 valence electrons. The van der Waals surface area contributed by atoms with E-state index in [4.69, 9.17) is 49.5 Å². The monoisotopic (exact) mass is 954 g/mol. The zero-order valence-electron chi connectivity index (χ0n) is 38.8. The Bertz CT molecular complexity index is 2210. The van der Waals surface area contributed by atoms with Gasteiger partial charge in [0.05, 0.1) is 36.9 Å². The topological polar surface area (TPSA) is 223 Å². The van der Waals surface area contributed by atoms with Crippen molar-refractivity contribution < 1.29 is 77.5 Å². The molecule has 17 heteroatoms. The van der Waals surface area contributed by atoms with Crippen LogP contribution in [0.3, 0.4) is 0 Å². The largest absolute Gasteiger partial charge is 0.505 e. The Balaban J connectivity index is 0.952. The van der Waals surface area contributed by atoms with Gasteiger partial charge in [0.2, 0.25) is 0 Å². The van der Waals surface area contributed by atoms with Crippen LogP contribution in [0.5, 0.6) is 5.75 Å². The summed E-state index contributed by atoms with van der Waals surface area (Å²) in [6.07, 6.45) is 6.54. The second kappa shape index (κ2) is 19.6. The molecule has 8 rings (SSSR count). The highest BCUT2D eigenvalue weighted by molar-refractivity contribution is 6.32. The number of hydrogen-bond donors (Lipinski definition) is 4. The van der Waals surface area contributed by atoms with Gasteiger partial charge in [0.25, 0.3) is 5.76 Å². The van der Waals surface area contributed by atoms with E-state index >= 15 is 0 Å². The highest BCUT2D eigenvalue weighted by Gasteiger charge is 2.60. The molecule has 3 fully saturated rings. The lowest BCUT2D eigenvalue weighted by Gasteiger charge is -2.51. The summed E-state index contributed by atoms with van der Waals surface area (Å²) in [4.78, 5) is 53.9. The van der Waals surface area contributed by atoms with E-state index in [-0.39, 0.29) is 53.9 Å². The molecule has 1 spiro atoms. The van der Waals surface area contributed by atoms with Gasteiger partial charge in [0.1, 0.15) is 29.6 Å². The summed E-state index contributed by atoms with van der Waals surface area (Å²) < 4.78 is 48.4. The molecule has 0 amide bonds. The molecule has 16 atom stereocenters. The molecule has 4 N–H and O–H groups in total. The molecule has 1 aromatic carbocycles. The molecule has 0 unspecified atom stereocenters. The van der Waals surface area contributed by atoms with Crippen LogP contribution in [0.25, 0.3) is 0 Å². The van der Waals surface area contributed by atoms with Crippen molar-refractivity contribution in [2.75, 3.05) is 7.11 Å². The van der Waals surface area contributed by atoms with Crippen LogP contribution in [-0.4, -0.2) is 112 Å². The standard InChI is InChI=1S/C50H63ClO16/c1-24-23-50-29(20-31(24)45(55)56)13-10-8-7-9-12-28-16-17-30-32(49(28,5)48(59)66-43(44(50)54)47(58)67-50)14-11-15-35(30)63-38-21-34(52)42(27(4)62-38)65-39-22-37(41(53)26(3)61-39)64-46(57)40-25(2)33(51)18-19-36(40)60-6/h10,13,16-20,24,26-30,32,34-35,37-39,41-42,52-54H,7-9,11-12,14-15,21-23H2,1-6H3,(H,55,56)/b13-10+/t24-,26+,27+,28-,29-,30+,32-,34+,35+,37+,38-,39-,41+,42+,49-,50+/m0/s1. The van der Waals surface area contributed by atoms with Crippen LogP contribution in [0.4, 0.5) is 0 Å². The third-order valence-electron chi connectivity index (χ3n) is 15.5. The van der Waals surface area contributed by atoms with Crippen molar-refractivity contribution in [1.82, 2.24) is 0 Å². The third-order valence-corrected chi connectivity index (χ3v) is 15.9. The highest BCUT2D eigenvalue weighted by atomic mass is 35.5. The maximum absolute atomic E-state index is 14.8. The first-order chi connectivity index (χ1) is 31.9. The normalized spacial score (nSPS) is 40.5. The quantitative estimate of drug-likeness (QED) is 0.117. The number of carbonyl (C=O) groups is 4. The highest BCUT2D eigenvalue weighted by Crippen LogP contribution is 2.55. The van der Waals surface area contributed by atoms with E-state index in [1.807, 2.05) is 19.1 Å². The lowest BCUT2D eigenvalue weighted by molar-refractivity contribution is -0.318. The molecule has 16 nitrogen and oxygen atoms in total. The van der Waals surface area contributed by atoms with Crippen molar-refractivity contribution in [2.24, 2.45) is 35.0 Å². The fraction of sp³-hybridized carbons (Fsp3) is 0.640. The number of methoxy groups -OCH3 is 1. The van der Waals surface area contributed by atoms with Gasteiger partial charge in [-0.2, -0.15) is 0 Å². The summed E-state index contributed by atoms with van der Waals surface area (Å²) in [7, 11) is 1.43. The predicted octanol–water partition coefficient (Wildman–Crippen LogP) is 6.96. The summed E-state index contributed by atoms with van der Waals surface area (Å²) in [5.74, 6) is -6.44. The summed E-state index contributed by atoms with van der Waals surface area (Å²) in [6.45, 7) is 8.63. The molecule has 7 aliphatic rings. The molecule has 0 aromatic heterocycles. The number of carbonyl (C=O) groups excluding carboxylic acids is 3. The number of esters is 3. The lowest BCUT2D eigenvalue weighted by atomic mass is 9.55. The number of rotatable bonds is 8. The summed E-state index contributed by atoms with van der Waals surface area (Å²) in [6, 6.07) is 3.18. The minimum atomic E-state index is -1.62. The van der Waals surface area contributed by atoms with Crippen LogP contribution in [0, 0.1) is 41.9 Å². The minimum Gasteiger partial charge on any atom is -0.505 e. The Kier molecular flexibility index (Phi) is 14.4. The van der Waals surface area contributed by atoms with E-state index < -0.39 is 114 Å². The Labute approximate surface area is 395 Å². The van der Waals surface area contributed by atoms with Gasteiger partial charge < -0.3 is 58.3 Å². The van der Waals surface area contributed by atoms with Crippen LogP contribution in [0.15, 0.2) is 59.6 Å². The van der Waals surface area contributed by atoms with Crippen LogP contribution in [0.1, 0.15) is 108 Å². The Hall–Kier alpha value is -4.29. The van der Waals surface area contributed by atoms with Crippen molar-refractivity contribution in [3.8, 4) is 5.75 Å². The van der Waals surface area contributed by atoms with Crippen molar-refractivity contribution in [2.45, 2.75) is 160 Å². The van der Waals surface area contributed by atoms with Gasteiger partial charge in [0, 0.05) is 41.7 Å². The van der Waals surface area contributed by atoms with E-state index in [1.54, 1.807) is 45.9 Å². The van der Waals surface area contributed by atoms with Gasteiger partial charge >= 0.3 is 23.9 Å². The summed E-state index contributed by atoms with van der Waals surface area (Å²) in [5.41, 5.74) is -2.00. The van der Waals surface area contributed by atoms with Gasteiger partial charge in [-0.1, -0.05) is 61.7 Å². The third kappa shape index (κ3) is 9.19. The van der Waals surface area contributed by atoms with E-state index in [2.05, 4.69) is 6.08 Å². The van der Waals surface area contributed by atoms with Gasteiger partial charge in [-0.15, -0.1) is 0 Å². The molecule has 2 saturated heterocycles. The van der Waals surface area contributed by atoms with Crippen molar-refractivity contribution >= 4 is 35.5 Å². The van der Waals surface area contributed by atoms with E-state index in [9.17, 15) is 39.6 Å². The van der Waals surface area contributed by atoms with Gasteiger partial charge in [0.15, 0.2) is 23.9 Å². The average Bonchev–Trinajstić information content (AvgIpc) is 3.50. The van der Waals surface area contributed by atoms with E-state index in [0.29, 0.717) is 42.7 Å². The maximum Gasteiger partial charge on any atom is 0.379 e. The zero-order valence-corrected chi connectivity index (χ0v) is 39.5. The van der Waals surface area contributed by atoms with Crippen LogP contribution >= 0.6 is 11.6 Å². The number of aliphatic hydroxyl groups excluding tert-OH is 3. The van der Waals surface area contributed by atoms with E-state index in [1.165, 1.54) is 13.2 Å². The molecular formula is C50H63ClO16. The number of hydrogen-bond acceptors (Lipinski definition) is 15. The maximum atomic E-state index is 14.8. The SMILES string of the molecule is COc1ccc(Cl)c(C)c1C(=O)O[C@@H]1C[C@H](O[C@H]2[C@H](O)C[C@H](O[C@@H]3CCC[C@H]4[C@H]3C=C[C@@H]3CCCC/C=C/[C@H]5C=C(C(=O)O)[C@@H](C)C[C@@]56OC(=O)C(=C6O)OC(=O)[C@@]34C)O[C@@H]2C)O[C@H](C)[C@H]1O. The van der Waals surface area contributed by atoms with E-state index in [0.717, 1.165) is 12.8 Å². The second-order valence-corrected chi connectivity index (χ2v) is 20.0. The van der Waals surface area contributed by atoms with Crippen LogP contribution < -0.4 is 4.74 Å². The van der Waals surface area contributed by atoms with Crippen molar-refractivity contribution in [1.29, 1.82) is 0 Å². The Morgan fingerprint density at radius 3 is 2.39 bits per heavy atom. The number of carboxylic acids is 1. The second-order valence-electron chi connectivity index (χ2n) is 19.5. The average molecular weight is 955 g/mol. The molecule has 3 aliphatic carbocycles.